The van der Waals surface area contributed by atoms with Gasteiger partial charge in [-0.25, -0.2) is 0 Å². The van der Waals surface area contributed by atoms with Gasteiger partial charge in [-0.3, -0.25) is 4.79 Å². The van der Waals surface area contributed by atoms with E-state index in [1.807, 2.05) is 13.0 Å². The molecule has 120 valence electrons. The Morgan fingerprint density at radius 1 is 1.48 bits per heavy atom. The number of nitrogens with zero attached hydrogens (tertiary/aromatic N) is 1. The van der Waals surface area contributed by atoms with E-state index in [0.29, 0.717) is 12.0 Å². The molecule has 1 fully saturated rings. The van der Waals surface area contributed by atoms with Gasteiger partial charge in [0.25, 0.3) is 5.91 Å². The number of piperidine rings is 1. The average Bonchev–Trinajstić information content (AvgIpc) is 2.72. The highest BCUT2D eigenvalue weighted by Gasteiger charge is 2.19. The predicted molar refractivity (Wildman–Crippen MR) is 89.5 cm³/mol. The summed E-state index contributed by atoms with van der Waals surface area (Å²) in [4.78, 5) is 12.4. The fourth-order valence-electron chi connectivity index (χ4n) is 3.23. The Bertz CT molecular complexity index is 476. The molecule has 0 spiro atoms. The molecule has 0 radical (unpaired) electrons. The standard InChI is InChI=1S/C16H27N3O.ClH/c1-11(2)19-12(3)8-15(13(19)4)16(20)18-10-14-6-5-7-17-9-14;/h8,11,14,17H,5-7,9-10H2,1-4H3,(H,18,20);1H. The lowest BCUT2D eigenvalue weighted by Gasteiger charge is -2.22. The minimum Gasteiger partial charge on any atom is -0.352 e. The molecule has 5 heteroatoms. The maximum Gasteiger partial charge on any atom is 0.253 e. The van der Waals surface area contributed by atoms with E-state index in [1.54, 1.807) is 0 Å². The van der Waals surface area contributed by atoms with Crippen LogP contribution in [0.1, 0.15) is 54.5 Å². The first-order valence-corrected chi connectivity index (χ1v) is 7.68. The fourth-order valence-corrected chi connectivity index (χ4v) is 3.23. The van der Waals surface area contributed by atoms with Gasteiger partial charge in [-0.2, -0.15) is 0 Å². The van der Waals surface area contributed by atoms with E-state index in [0.717, 1.165) is 36.6 Å². The molecule has 2 N–H and O–H groups in total. The topological polar surface area (TPSA) is 46.1 Å². The van der Waals surface area contributed by atoms with Gasteiger partial charge >= 0.3 is 0 Å². The number of nitrogens with one attached hydrogen (secondary N) is 2. The lowest BCUT2D eigenvalue weighted by atomic mass is 10.00. The highest BCUT2D eigenvalue weighted by atomic mass is 35.5. The van der Waals surface area contributed by atoms with E-state index < -0.39 is 0 Å². The molecule has 0 saturated carbocycles. The average molecular weight is 314 g/mol. The van der Waals surface area contributed by atoms with Crippen molar-refractivity contribution in [3.05, 3.63) is 23.0 Å². The number of aryl methyl sites for hydroxylation is 1. The molecule has 1 amide bonds. The van der Waals surface area contributed by atoms with Gasteiger partial charge in [0, 0.05) is 24.0 Å². The Morgan fingerprint density at radius 2 is 2.19 bits per heavy atom. The van der Waals surface area contributed by atoms with E-state index in [9.17, 15) is 4.79 Å². The third-order valence-electron chi connectivity index (χ3n) is 4.20. The van der Waals surface area contributed by atoms with Crippen molar-refractivity contribution < 1.29 is 4.79 Å². The summed E-state index contributed by atoms with van der Waals surface area (Å²) in [7, 11) is 0. The summed E-state index contributed by atoms with van der Waals surface area (Å²) >= 11 is 0. The van der Waals surface area contributed by atoms with Crippen LogP contribution >= 0.6 is 12.4 Å². The number of carbonyl (C=O) groups excluding carboxylic acids is 1. The Morgan fingerprint density at radius 3 is 2.71 bits per heavy atom. The first kappa shape index (κ1) is 18.1. The van der Waals surface area contributed by atoms with Gasteiger partial charge in [0.05, 0.1) is 5.56 Å². The minimum atomic E-state index is 0. The van der Waals surface area contributed by atoms with Gasteiger partial charge in [0.2, 0.25) is 0 Å². The number of hydrogen-bond acceptors (Lipinski definition) is 2. The quantitative estimate of drug-likeness (QED) is 0.898. The summed E-state index contributed by atoms with van der Waals surface area (Å²) in [6, 6.07) is 2.39. The normalized spacial score (nSPS) is 18.4. The number of rotatable bonds is 4. The van der Waals surface area contributed by atoms with Crippen LogP contribution in [0.3, 0.4) is 0 Å². The summed E-state index contributed by atoms with van der Waals surface area (Å²) in [5.74, 6) is 0.636. The third-order valence-corrected chi connectivity index (χ3v) is 4.20. The van der Waals surface area contributed by atoms with Crippen molar-refractivity contribution >= 4 is 18.3 Å². The monoisotopic (exact) mass is 313 g/mol. The Labute approximate surface area is 134 Å². The molecule has 0 aromatic carbocycles. The van der Waals surface area contributed by atoms with Crippen molar-refractivity contribution in [2.75, 3.05) is 19.6 Å². The molecule has 1 aromatic heterocycles. The van der Waals surface area contributed by atoms with Crippen molar-refractivity contribution in [1.29, 1.82) is 0 Å². The van der Waals surface area contributed by atoms with Crippen LogP contribution in [0.4, 0.5) is 0 Å². The van der Waals surface area contributed by atoms with Gasteiger partial charge in [-0.1, -0.05) is 0 Å². The summed E-state index contributed by atoms with van der Waals surface area (Å²) in [6.07, 6.45) is 2.42. The van der Waals surface area contributed by atoms with Crippen LogP contribution in [0, 0.1) is 19.8 Å². The lowest BCUT2D eigenvalue weighted by molar-refractivity contribution is 0.0944. The van der Waals surface area contributed by atoms with Crippen LogP contribution < -0.4 is 10.6 Å². The van der Waals surface area contributed by atoms with Crippen molar-refractivity contribution in [2.24, 2.45) is 5.92 Å². The SMILES string of the molecule is Cc1cc(C(=O)NCC2CCCNC2)c(C)n1C(C)C.Cl. The second-order valence-corrected chi connectivity index (χ2v) is 6.17. The maximum atomic E-state index is 12.4. The largest absolute Gasteiger partial charge is 0.352 e. The fraction of sp³-hybridized carbons (Fsp3) is 0.688. The number of carbonyl (C=O) groups is 1. The van der Waals surface area contributed by atoms with Crippen LogP contribution in [-0.2, 0) is 0 Å². The summed E-state index contributed by atoms with van der Waals surface area (Å²) in [5.41, 5.74) is 3.04. The molecular formula is C16H28ClN3O. The molecule has 21 heavy (non-hydrogen) atoms. The molecule has 0 bridgehead atoms. The molecule has 1 aromatic rings. The molecular weight excluding hydrogens is 286 g/mol. The van der Waals surface area contributed by atoms with E-state index >= 15 is 0 Å². The van der Waals surface area contributed by atoms with Crippen LogP contribution in [0.25, 0.3) is 0 Å². The number of amides is 1. The number of halogens is 1. The van der Waals surface area contributed by atoms with Crippen molar-refractivity contribution in [3.63, 3.8) is 0 Å². The first-order valence-electron chi connectivity index (χ1n) is 7.68. The van der Waals surface area contributed by atoms with Gasteiger partial charge in [0.15, 0.2) is 0 Å². The Balaban J connectivity index is 0.00000220. The smallest absolute Gasteiger partial charge is 0.253 e. The van der Waals surface area contributed by atoms with Gasteiger partial charge in [0.1, 0.15) is 0 Å². The zero-order valence-electron chi connectivity index (χ0n) is 13.5. The van der Waals surface area contributed by atoms with Gasteiger partial charge in [-0.05, 0) is 65.6 Å². The molecule has 2 heterocycles. The highest BCUT2D eigenvalue weighted by Crippen LogP contribution is 2.20. The van der Waals surface area contributed by atoms with Crippen molar-refractivity contribution in [1.82, 2.24) is 15.2 Å². The molecule has 1 aliphatic rings. The van der Waals surface area contributed by atoms with E-state index in [4.69, 9.17) is 0 Å². The summed E-state index contributed by atoms with van der Waals surface area (Å²) in [6.45, 7) is 11.3. The van der Waals surface area contributed by atoms with Gasteiger partial charge in [-0.15, -0.1) is 12.4 Å². The van der Waals surface area contributed by atoms with Crippen molar-refractivity contribution in [3.8, 4) is 0 Å². The predicted octanol–water partition coefficient (Wildman–Crippen LogP) is 2.84. The Hall–Kier alpha value is -1.000. The van der Waals surface area contributed by atoms with Crippen LogP contribution in [0.2, 0.25) is 0 Å². The zero-order valence-corrected chi connectivity index (χ0v) is 14.3. The molecule has 2 rings (SSSR count). The molecule has 1 saturated heterocycles. The molecule has 1 aliphatic heterocycles. The maximum absolute atomic E-state index is 12.4. The third kappa shape index (κ3) is 4.24. The molecule has 1 atom stereocenters. The minimum absolute atomic E-state index is 0. The Kier molecular flexibility index (Phi) is 6.75. The first-order chi connectivity index (χ1) is 9.50. The van der Waals surface area contributed by atoms with Crippen LogP contribution in [0.5, 0.6) is 0 Å². The van der Waals surface area contributed by atoms with Crippen LogP contribution in [-0.4, -0.2) is 30.1 Å². The second-order valence-electron chi connectivity index (χ2n) is 6.17. The lowest BCUT2D eigenvalue weighted by Crippen LogP contribution is -2.38. The van der Waals surface area contributed by atoms with E-state index in [1.165, 1.54) is 12.8 Å². The zero-order chi connectivity index (χ0) is 14.7. The number of hydrogen-bond donors (Lipinski definition) is 2. The van der Waals surface area contributed by atoms with E-state index in [-0.39, 0.29) is 18.3 Å². The molecule has 1 unspecified atom stereocenters. The van der Waals surface area contributed by atoms with E-state index in [2.05, 4.69) is 36.0 Å². The van der Waals surface area contributed by atoms with Gasteiger partial charge < -0.3 is 15.2 Å². The molecule has 4 nitrogen and oxygen atoms in total. The highest BCUT2D eigenvalue weighted by molar-refractivity contribution is 5.95. The molecule has 0 aliphatic carbocycles. The summed E-state index contributed by atoms with van der Waals surface area (Å²) in [5, 5.41) is 6.48. The second kappa shape index (κ2) is 7.85. The summed E-state index contributed by atoms with van der Waals surface area (Å²) < 4.78 is 2.22. The van der Waals surface area contributed by atoms with Crippen molar-refractivity contribution in [2.45, 2.75) is 46.6 Å². The van der Waals surface area contributed by atoms with Crippen LogP contribution in [0.15, 0.2) is 6.07 Å². The number of aromatic nitrogens is 1.